The first-order valence-electron chi connectivity index (χ1n) is 10.2. The number of halogens is 1. The second kappa shape index (κ2) is 10.1. The zero-order chi connectivity index (χ0) is 23.4. The average Bonchev–Trinajstić information content (AvgIpc) is 3.48. The van der Waals surface area contributed by atoms with E-state index in [0.29, 0.717) is 21.9 Å². The van der Waals surface area contributed by atoms with Crippen LogP contribution in [0.25, 0.3) is 17.1 Å². The molecule has 1 atom stereocenters. The molecule has 0 bridgehead atoms. The Morgan fingerprint density at radius 1 is 1.24 bits per heavy atom. The third-order valence-corrected chi connectivity index (χ3v) is 6.26. The van der Waals surface area contributed by atoms with Gasteiger partial charge in [-0.25, -0.2) is 0 Å². The number of hydrogen-bond acceptors (Lipinski definition) is 8. The predicted octanol–water partition coefficient (Wildman–Crippen LogP) is 4.28. The van der Waals surface area contributed by atoms with Gasteiger partial charge in [0, 0.05) is 23.0 Å². The maximum absolute atomic E-state index is 12.7. The third-order valence-electron chi connectivity index (χ3n) is 4.91. The van der Waals surface area contributed by atoms with Crippen LogP contribution in [-0.4, -0.2) is 41.5 Å². The largest absolute Gasteiger partial charge is 0.343 e. The van der Waals surface area contributed by atoms with Crippen molar-refractivity contribution in [3.63, 3.8) is 0 Å². The second-order valence-electron chi connectivity index (χ2n) is 7.69. The van der Waals surface area contributed by atoms with Gasteiger partial charge in [0.1, 0.15) is 12.4 Å². The number of amides is 1. The number of aromatic nitrogens is 6. The van der Waals surface area contributed by atoms with E-state index in [1.165, 1.54) is 11.8 Å². The van der Waals surface area contributed by atoms with Gasteiger partial charge in [0.15, 0.2) is 5.16 Å². The van der Waals surface area contributed by atoms with Crippen LogP contribution in [-0.2, 0) is 4.79 Å². The number of benzene rings is 1. The molecule has 0 saturated heterocycles. The van der Waals surface area contributed by atoms with Gasteiger partial charge in [-0.2, -0.15) is 4.98 Å². The fourth-order valence-electron chi connectivity index (χ4n) is 3.07. The van der Waals surface area contributed by atoms with Crippen LogP contribution in [0.4, 0.5) is 0 Å². The van der Waals surface area contributed by atoms with Crippen LogP contribution in [0.2, 0.25) is 5.02 Å². The molecule has 9 nitrogen and oxygen atoms in total. The molecular formula is C22H22ClN7O2S. The molecule has 11 heteroatoms. The van der Waals surface area contributed by atoms with Crippen molar-refractivity contribution in [2.24, 2.45) is 5.92 Å². The van der Waals surface area contributed by atoms with Gasteiger partial charge in [0.25, 0.3) is 0 Å². The Balaban J connectivity index is 1.42. The van der Waals surface area contributed by atoms with Crippen molar-refractivity contribution in [1.29, 1.82) is 0 Å². The number of nitrogens with zero attached hydrogens (tertiary/aromatic N) is 6. The summed E-state index contributed by atoms with van der Waals surface area (Å²) in [4.78, 5) is 21.2. The molecule has 0 saturated carbocycles. The molecule has 3 heterocycles. The van der Waals surface area contributed by atoms with E-state index in [2.05, 4.69) is 30.6 Å². The third kappa shape index (κ3) is 5.40. The number of hydrogen-bond donors (Lipinski definition) is 1. The van der Waals surface area contributed by atoms with Gasteiger partial charge in [0.2, 0.25) is 17.6 Å². The van der Waals surface area contributed by atoms with E-state index in [-0.39, 0.29) is 17.6 Å². The van der Waals surface area contributed by atoms with Crippen LogP contribution in [0.15, 0.2) is 58.7 Å². The van der Waals surface area contributed by atoms with Crippen molar-refractivity contribution in [2.75, 3.05) is 5.75 Å². The molecule has 170 valence electrons. The molecule has 0 fully saturated rings. The molecule has 0 aliphatic carbocycles. The molecule has 1 N–H and O–H groups in total. The summed E-state index contributed by atoms with van der Waals surface area (Å²) in [5.41, 5.74) is 2.60. The Bertz CT molecular complexity index is 1240. The van der Waals surface area contributed by atoms with Crippen LogP contribution in [0.3, 0.4) is 0 Å². The van der Waals surface area contributed by atoms with Crippen LogP contribution in [0.1, 0.15) is 31.3 Å². The summed E-state index contributed by atoms with van der Waals surface area (Å²) < 4.78 is 7.24. The minimum atomic E-state index is -0.421. The molecule has 0 radical (unpaired) electrons. The lowest BCUT2D eigenvalue weighted by atomic mass is 10.0. The lowest BCUT2D eigenvalue weighted by Gasteiger charge is -2.18. The zero-order valence-electron chi connectivity index (χ0n) is 18.3. The summed E-state index contributed by atoms with van der Waals surface area (Å²) in [6.07, 6.45) is 4.92. The molecular weight excluding hydrogens is 462 g/mol. The number of rotatable bonds is 8. The molecule has 4 rings (SSSR count). The van der Waals surface area contributed by atoms with E-state index in [4.69, 9.17) is 16.1 Å². The zero-order valence-corrected chi connectivity index (χ0v) is 19.8. The van der Waals surface area contributed by atoms with Gasteiger partial charge in [-0.05, 0) is 42.7 Å². The number of aryl methyl sites for hydroxylation is 1. The Kier molecular flexibility index (Phi) is 7.05. The minimum Gasteiger partial charge on any atom is -0.343 e. The lowest BCUT2D eigenvalue weighted by molar-refractivity contribution is -0.119. The summed E-state index contributed by atoms with van der Waals surface area (Å²) in [6, 6.07) is 8.87. The minimum absolute atomic E-state index is 0.0445. The molecule has 1 amide bonds. The van der Waals surface area contributed by atoms with Crippen LogP contribution in [0, 0.1) is 12.8 Å². The van der Waals surface area contributed by atoms with Crippen LogP contribution < -0.4 is 5.32 Å². The van der Waals surface area contributed by atoms with E-state index in [1.54, 1.807) is 35.4 Å². The summed E-state index contributed by atoms with van der Waals surface area (Å²) >= 11 is 7.53. The molecule has 0 spiro atoms. The first-order chi connectivity index (χ1) is 15.9. The summed E-state index contributed by atoms with van der Waals surface area (Å²) in [6.45, 7) is 5.89. The SMILES string of the molecule is Cc1ccc(-n2cnnc2SCC(=O)NC(c2nc(-c3ccncc3)no2)C(C)C)cc1Cl. The Morgan fingerprint density at radius 3 is 2.76 bits per heavy atom. The number of pyridine rings is 1. The van der Waals surface area contributed by atoms with E-state index in [9.17, 15) is 4.79 Å². The van der Waals surface area contributed by atoms with Gasteiger partial charge in [0.05, 0.1) is 11.4 Å². The predicted molar refractivity (Wildman–Crippen MR) is 125 cm³/mol. The Morgan fingerprint density at radius 2 is 2.03 bits per heavy atom. The fraction of sp³-hybridized carbons (Fsp3) is 0.273. The van der Waals surface area contributed by atoms with Crippen molar-refractivity contribution in [1.82, 2.24) is 35.2 Å². The standard InChI is InChI=1S/C22H22ClN7O2S/c1-13(2)19(21-27-20(29-32-21)15-6-8-24-9-7-15)26-18(31)11-33-22-28-25-12-30(22)16-5-4-14(3)17(23)10-16/h4-10,12-13,19H,11H2,1-3H3,(H,26,31). The number of nitrogens with one attached hydrogen (secondary N) is 1. The second-order valence-corrected chi connectivity index (χ2v) is 9.04. The molecule has 0 aliphatic rings. The lowest BCUT2D eigenvalue weighted by Crippen LogP contribution is -2.33. The van der Waals surface area contributed by atoms with Gasteiger partial charge >= 0.3 is 0 Å². The van der Waals surface area contributed by atoms with E-state index in [0.717, 1.165) is 16.8 Å². The number of carbonyl (C=O) groups excluding carboxylic acids is 1. The smallest absolute Gasteiger partial charge is 0.249 e. The van der Waals surface area contributed by atoms with Crippen molar-refractivity contribution in [2.45, 2.75) is 32.0 Å². The quantitative estimate of drug-likeness (QED) is 0.369. The normalized spacial score (nSPS) is 12.2. The monoisotopic (exact) mass is 483 g/mol. The summed E-state index contributed by atoms with van der Waals surface area (Å²) in [5.74, 6) is 0.813. The fourth-order valence-corrected chi connectivity index (χ4v) is 3.98. The Labute approximate surface area is 200 Å². The van der Waals surface area contributed by atoms with Crippen LogP contribution >= 0.6 is 23.4 Å². The van der Waals surface area contributed by atoms with Crippen molar-refractivity contribution >= 4 is 29.3 Å². The first-order valence-corrected chi connectivity index (χ1v) is 11.6. The highest BCUT2D eigenvalue weighted by Gasteiger charge is 2.25. The maximum atomic E-state index is 12.7. The number of carbonyl (C=O) groups is 1. The highest BCUT2D eigenvalue weighted by Crippen LogP contribution is 2.26. The van der Waals surface area contributed by atoms with Gasteiger partial charge < -0.3 is 9.84 Å². The van der Waals surface area contributed by atoms with Crippen LogP contribution in [0.5, 0.6) is 0 Å². The average molecular weight is 484 g/mol. The summed E-state index contributed by atoms with van der Waals surface area (Å²) in [5, 5.41) is 16.4. The molecule has 1 aromatic carbocycles. The summed E-state index contributed by atoms with van der Waals surface area (Å²) in [7, 11) is 0. The topological polar surface area (TPSA) is 112 Å². The van der Waals surface area contributed by atoms with Gasteiger partial charge in [-0.1, -0.05) is 48.4 Å². The van der Waals surface area contributed by atoms with Crippen molar-refractivity contribution in [3.8, 4) is 17.1 Å². The highest BCUT2D eigenvalue weighted by atomic mass is 35.5. The van der Waals surface area contributed by atoms with Crippen molar-refractivity contribution in [3.05, 3.63) is 65.5 Å². The molecule has 1 unspecified atom stereocenters. The van der Waals surface area contributed by atoms with E-state index in [1.807, 2.05) is 39.0 Å². The molecule has 0 aliphatic heterocycles. The number of thioether (sulfide) groups is 1. The van der Waals surface area contributed by atoms with E-state index < -0.39 is 6.04 Å². The highest BCUT2D eigenvalue weighted by molar-refractivity contribution is 7.99. The molecule has 3 aromatic heterocycles. The molecule has 4 aromatic rings. The van der Waals surface area contributed by atoms with E-state index >= 15 is 0 Å². The van der Waals surface area contributed by atoms with Gasteiger partial charge in [-0.3, -0.25) is 14.3 Å². The van der Waals surface area contributed by atoms with Gasteiger partial charge in [-0.15, -0.1) is 10.2 Å². The van der Waals surface area contributed by atoms with Crippen molar-refractivity contribution < 1.29 is 9.32 Å². The Hall–Kier alpha value is -3.24. The molecule has 33 heavy (non-hydrogen) atoms. The first kappa shape index (κ1) is 22.9. The maximum Gasteiger partial charge on any atom is 0.249 e.